The summed E-state index contributed by atoms with van der Waals surface area (Å²) in [6.07, 6.45) is 0.723. The van der Waals surface area contributed by atoms with E-state index in [9.17, 15) is 4.79 Å². The Kier molecular flexibility index (Phi) is 6.44. The van der Waals surface area contributed by atoms with Gasteiger partial charge in [0.2, 0.25) is 5.82 Å². The van der Waals surface area contributed by atoms with E-state index in [4.69, 9.17) is 16.3 Å². The van der Waals surface area contributed by atoms with Crippen molar-refractivity contribution >= 4 is 17.5 Å². The molecule has 3 rings (SSSR count). The second-order valence-corrected chi connectivity index (χ2v) is 6.93. The average Bonchev–Trinajstić information content (AvgIpc) is 3.12. The zero-order valence-electron chi connectivity index (χ0n) is 16.2. The highest BCUT2D eigenvalue weighted by atomic mass is 35.5. The van der Waals surface area contributed by atoms with E-state index in [2.05, 4.69) is 15.4 Å². The molecular weight excluding hydrogens is 376 g/mol. The lowest BCUT2D eigenvalue weighted by atomic mass is 10.1. The van der Waals surface area contributed by atoms with Crippen LogP contribution in [0.1, 0.15) is 28.2 Å². The highest BCUT2D eigenvalue weighted by Gasteiger charge is 2.20. The predicted molar refractivity (Wildman–Crippen MR) is 110 cm³/mol. The van der Waals surface area contributed by atoms with Gasteiger partial charge in [0, 0.05) is 30.8 Å². The van der Waals surface area contributed by atoms with Crippen molar-refractivity contribution in [2.75, 3.05) is 20.3 Å². The number of nitrogens with one attached hydrogen (secondary N) is 1. The molecule has 0 aliphatic rings. The summed E-state index contributed by atoms with van der Waals surface area (Å²) in [7, 11) is 1.63. The Morgan fingerprint density at radius 1 is 1.21 bits per heavy atom. The van der Waals surface area contributed by atoms with Crippen molar-refractivity contribution in [3.8, 4) is 17.1 Å². The molecule has 2 aromatic carbocycles. The number of hydrogen-bond donors (Lipinski definition) is 1. The largest absolute Gasteiger partial charge is 0.385 e. The maximum Gasteiger partial charge on any atom is 0.290 e. The van der Waals surface area contributed by atoms with Gasteiger partial charge in [0.1, 0.15) is 0 Å². The quantitative estimate of drug-likeness (QED) is 0.611. The van der Waals surface area contributed by atoms with Gasteiger partial charge in [0.25, 0.3) is 5.91 Å². The van der Waals surface area contributed by atoms with E-state index in [1.54, 1.807) is 11.8 Å². The number of benzene rings is 2. The molecule has 0 saturated heterocycles. The standard InChI is InChI=1S/C21H23ClN4O2/c1-14-7-4-8-16(13-14)20-24-19(21(27)23-11-6-12-28-3)25-26(20)18-10-5-9-17(22)15(18)2/h4-5,7-10,13H,6,11-12H2,1-3H3,(H,23,27). The third kappa shape index (κ3) is 4.40. The second-order valence-electron chi connectivity index (χ2n) is 6.53. The number of halogens is 1. The lowest BCUT2D eigenvalue weighted by molar-refractivity contribution is 0.0938. The molecule has 1 aromatic heterocycles. The molecule has 0 radical (unpaired) electrons. The van der Waals surface area contributed by atoms with E-state index in [-0.39, 0.29) is 11.7 Å². The molecule has 0 spiro atoms. The summed E-state index contributed by atoms with van der Waals surface area (Å²) < 4.78 is 6.69. The number of methoxy groups -OCH3 is 1. The van der Waals surface area contributed by atoms with Crippen LogP contribution in [0, 0.1) is 13.8 Å². The van der Waals surface area contributed by atoms with Gasteiger partial charge >= 0.3 is 0 Å². The SMILES string of the molecule is COCCCNC(=O)c1nc(-c2cccc(C)c2)n(-c2cccc(Cl)c2C)n1. The van der Waals surface area contributed by atoms with Crippen molar-refractivity contribution in [2.24, 2.45) is 0 Å². The molecule has 0 fully saturated rings. The van der Waals surface area contributed by atoms with Crippen LogP contribution in [0.2, 0.25) is 5.02 Å². The van der Waals surface area contributed by atoms with Gasteiger partial charge in [0.15, 0.2) is 5.82 Å². The van der Waals surface area contributed by atoms with Gasteiger partial charge in [-0.25, -0.2) is 9.67 Å². The van der Waals surface area contributed by atoms with Crippen LogP contribution in [0.4, 0.5) is 0 Å². The molecule has 0 aliphatic carbocycles. The van der Waals surface area contributed by atoms with Gasteiger partial charge < -0.3 is 10.1 Å². The lowest BCUT2D eigenvalue weighted by Crippen LogP contribution is -2.26. The van der Waals surface area contributed by atoms with E-state index in [1.807, 2.05) is 56.3 Å². The smallest absolute Gasteiger partial charge is 0.290 e. The molecule has 7 heteroatoms. The zero-order valence-corrected chi connectivity index (χ0v) is 17.0. The molecule has 0 bridgehead atoms. The highest BCUT2D eigenvalue weighted by Crippen LogP contribution is 2.27. The Labute approximate surface area is 169 Å². The van der Waals surface area contributed by atoms with Crippen LogP contribution >= 0.6 is 11.6 Å². The van der Waals surface area contributed by atoms with Crippen molar-refractivity contribution in [1.29, 1.82) is 0 Å². The second kappa shape index (κ2) is 8.99. The number of ether oxygens (including phenoxy) is 1. The molecule has 6 nitrogen and oxygen atoms in total. The van der Waals surface area contributed by atoms with Gasteiger partial charge in [-0.05, 0) is 44.0 Å². The summed E-state index contributed by atoms with van der Waals surface area (Å²) in [5.41, 5.74) is 3.63. The first kappa shape index (κ1) is 20.0. The Balaban J connectivity index is 2.03. The van der Waals surface area contributed by atoms with Crippen molar-refractivity contribution in [1.82, 2.24) is 20.1 Å². The number of rotatable bonds is 7. The fourth-order valence-corrected chi connectivity index (χ4v) is 3.04. The first-order chi connectivity index (χ1) is 13.5. The van der Waals surface area contributed by atoms with Crippen LogP contribution in [0.3, 0.4) is 0 Å². The third-order valence-corrected chi connectivity index (χ3v) is 4.77. The van der Waals surface area contributed by atoms with E-state index >= 15 is 0 Å². The third-order valence-electron chi connectivity index (χ3n) is 4.36. The minimum atomic E-state index is -0.316. The maximum atomic E-state index is 12.5. The van der Waals surface area contributed by atoms with Crippen molar-refractivity contribution in [3.63, 3.8) is 0 Å². The Morgan fingerprint density at radius 2 is 2.00 bits per heavy atom. The molecule has 1 N–H and O–H groups in total. The highest BCUT2D eigenvalue weighted by molar-refractivity contribution is 6.31. The minimum Gasteiger partial charge on any atom is -0.385 e. The summed E-state index contributed by atoms with van der Waals surface area (Å²) in [6.45, 7) is 5.01. The molecule has 3 aromatic rings. The van der Waals surface area contributed by atoms with Crippen molar-refractivity contribution in [2.45, 2.75) is 20.3 Å². The van der Waals surface area contributed by atoms with Crippen molar-refractivity contribution in [3.05, 3.63) is 64.4 Å². The number of carbonyl (C=O) groups excluding carboxylic acids is 1. The number of aromatic nitrogens is 3. The normalized spacial score (nSPS) is 10.9. The summed E-state index contributed by atoms with van der Waals surface area (Å²) in [5.74, 6) is 0.396. The monoisotopic (exact) mass is 398 g/mol. The number of aryl methyl sites for hydroxylation is 1. The van der Waals surface area contributed by atoms with Crippen LogP contribution in [0.25, 0.3) is 17.1 Å². The molecule has 1 amide bonds. The minimum absolute atomic E-state index is 0.119. The van der Waals surface area contributed by atoms with E-state index in [0.29, 0.717) is 24.0 Å². The predicted octanol–water partition coefficient (Wildman–Crippen LogP) is 3.97. The van der Waals surface area contributed by atoms with Crippen LogP contribution in [0.15, 0.2) is 42.5 Å². The van der Waals surface area contributed by atoms with Gasteiger partial charge in [-0.3, -0.25) is 4.79 Å². The van der Waals surface area contributed by atoms with Gasteiger partial charge in [-0.15, -0.1) is 5.10 Å². The molecule has 0 aliphatic heterocycles. The first-order valence-corrected chi connectivity index (χ1v) is 9.45. The Morgan fingerprint density at radius 3 is 2.75 bits per heavy atom. The van der Waals surface area contributed by atoms with Crippen molar-refractivity contribution < 1.29 is 9.53 Å². The van der Waals surface area contributed by atoms with E-state index < -0.39 is 0 Å². The van der Waals surface area contributed by atoms with Gasteiger partial charge in [0.05, 0.1) is 5.69 Å². The van der Waals surface area contributed by atoms with Gasteiger partial charge in [-0.1, -0.05) is 41.4 Å². The van der Waals surface area contributed by atoms with Gasteiger partial charge in [-0.2, -0.15) is 0 Å². The molecule has 1 heterocycles. The molecular formula is C21H23ClN4O2. The summed E-state index contributed by atoms with van der Waals surface area (Å²) in [4.78, 5) is 17.1. The number of carbonyl (C=O) groups is 1. The van der Waals surface area contributed by atoms with Crippen LogP contribution in [-0.2, 0) is 4.74 Å². The molecule has 0 unspecified atom stereocenters. The summed E-state index contributed by atoms with van der Waals surface area (Å²) in [6, 6.07) is 13.5. The zero-order chi connectivity index (χ0) is 20.1. The average molecular weight is 399 g/mol. The topological polar surface area (TPSA) is 69.0 Å². The number of hydrogen-bond acceptors (Lipinski definition) is 4. The summed E-state index contributed by atoms with van der Waals surface area (Å²) >= 11 is 6.30. The number of amides is 1. The summed E-state index contributed by atoms with van der Waals surface area (Å²) in [5, 5.41) is 7.96. The fourth-order valence-electron chi connectivity index (χ4n) is 2.87. The first-order valence-electron chi connectivity index (χ1n) is 9.08. The Hall–Kier alpha value is -2.70. The Bertz CT molecular complexity index is 984. The number of nitrogens with zero attached hydrogens (tertiary/aromatic N) is 3. The van der Waals surface area contributed by atoms with E-state index in [1.165, 1.54) is 0 Å². The fraction of sp³-hybridized carbons (Fsp3) is 0.286. The maximum absolute atomic E-state index is 12.5. The molecule has 0 atom stereocenters. The van der Waals surface area contributed by atoms with Crippen LogP contribution < -0.4 is 5.32 Å². The van der Waals surface area contributed by atoms with Crippen LogP contribution in [0.5, 0.6) is 0 Å². The molecule has 28 heavy (non-hydrogen) atoms. The molecule has 0 saturated carbocycles. The van der Waals surface area contributed by atoms with Crippen LogP contribution in [-0.4, -0.2) is 40.9 Å². The molecule has 146 valence electrons. The van der Waals surface area contributed by atoms with E-state index in [0.717, 1.165) is 28.8 Å². The lowest BCUT2D eigenvalue weighted by Gasteiger charge is -2.10.